The highest BCUT2D eigenvalue weighted by Crippen LogP contribution is 2.25. The molecule has 0 saturated heterocycles. The molecule has 0 unspecified atom stereocenters. The maximum absolute atomic E-state index is 12.2. The molecule has 1 heterocycles. The molecular formula is C11H12BrN3O2S. The Morgan fingerprint density at radius 1 is 1.33 bits per heavy atom. The van der Waals surface area contributed by atoms with E-state index in [4.69, 9.17) is 0 Å². The highest BCUT2D eigenvalue weighted by atomic mass is 79.9. The average molecular weight is 330 g/mol. The Bertz CT molecular complexity index is 679. The van der Waals surface area contributed by atoms with Crippen LogP contribution in [0.25, 0.3) is 0 Å². The van der Waals surface area contributed by atoms with E-state index in [1.807, 2.05) is 6.07 Å². The summed E-state index contributed by atoms with van der Waals surface area (Å²) in [5.41, 5.74) is 1.09. The van der Waals surface area contributed by atoms with Gasteiger partial charge in [-0.2, -0.15) is 5.10 Å². The molecular weight excluding hydrogens is 318 g/mol. The van der Waals surface area contributed by atoms with Gasteiger partial charge in [0, 0.05) is 11.5 Å². The van der Waals surface area contributed by atoms with Crippen molar-refractivity contribution in [1.82, 2.24) is 9.78 Å². The van der Waals surface area contributed by atoms with Crippen LogP contribution in [0.1, 0.15) is 5.69 Å². The number of aryl methyl sites for hydroxylation is 1. The summed E-state index contributed by atoms with van der Waals surface area (Å²) in [6.07, 6.45) is 1.34. The van der Waals surface area contributed by atoms with E-state index in [9.17, 15) is 8.42 Å². The molecule has 0 saturated carbocycles. The molecule has 0 aliphatic rings. The Morgan fingerprint density at radius 2 is 2.00 bits per heavy atom. The van der Waals surface area contributed by atoms with Crippen LogP contribution in [0.3, 0.4) is 0 Å². The molecule has 0 fully saturated rings. The van der Waals surface area contributed by atoms with Crippen molar-refractivity contribution in [2.75, 3.05) is 4.72 Å². The van der Waals surface area contributed by atoms with Gasteiger partial charge in [-0.25, -0.2) is 8.42 Å². The smallest absolute Gasteiger partial charge is 0.265 e. The number of rotatable bonds is 3. The number of halogens is 1. The standard InChI is InChI=1S/C11H12BrN3O2S/c1-8-11(7-13-15(8)2)18(16,17)14-10-6-4-3-5-9(10)12/h3-7,14H,1-2H3. The average Bonchev–Trinajstić information content (AvgIpc) is 2.63. The summed E-state index contributed by atoms with van der Waals surface area (Å²) in [7, 11) is -1.91. The molecule has 7 heteroatoms. The van der Waals surface area contributed by atoms with Gasteiger partial charge in [-0.15, -0.1) is 0 Å². The van der Waals surface area contributed by atoms with E-state index < -0.39 is 10.0 Å². The molecule has 0 amide bonds. The summed E-state index contributed by atoms with van der Waals surface area (Å²) in [5, 5.41) is 3.93. The van der Waals surface area contributed by atoms with Crippen molar-refractivity contribution in [3.63, 3.8) is 0 Å². The van der Waals surface area contributed by atoms with Gasteiger partial charge in [-0.3, -0.25) is 9.40 Å². The lowest BCUT2D eigenvalue weighted by Gasteiger charge is -2.08. The first-order valence-corrected chi connectivity index (χ1v) is 7.45. The van der Waals surface area contributed by atoms with E-state index >= 15 is 0 Å². The minimum absolute atomic E-state index is 0.181. The van der Waals surface area contributed by atoms with Gasteiger partial charge in [0.25, 0.3) is 10.0 Å². The Hall–Kier alpha value is -1.34. The lowest BCUT2D eigenvalue weighted by molar-refractivity contribution is 0.600. The molecule has 1 aromatic carbocycles. The van der Waals surface area contributed by atoms with Gasteiger partial charge < -0.3 is 0 Å². The molecule has 2 aromatic rings. The predicted octanol–water partition coefficient (Wildman–Crippen LogP) is 2.29. The van der Waals surface area contributed by atoms with Gasteiger partial charge in [0.15, 0.2) is 0 Å². The van der Waals surface area contributed by atoms with Crippen molar-refractivity contribution in [1.29, 1.82) is 0 Å². The van der Waals surface area contributed by atoms with Crippen LogP contribution in [0, 0.1) is 6.92 Å². The molecule has 0 spiro atoms. The largest absolute Gasteiger partial charge is 0.278 e. The zero-order chi connectivity index (χ0) is 13.3. The third-order valence-electron chi connectivity index (χ3n) is 2.60. The summed E-state index contributed by atoms with van der Waals surface area (Å²) < 4.78 is 29.1. The van der Waals surface area contributed by atoms with Crippen molar-refractivity contribution in [2.45, 2.75) is 11.8 Å². The normalized spacial score (nSPS) is 11.5. The molecule has 2 rings (SSSR count). The first kappa shape index (κ1) is 13.1. The quantitative estimate of drug-likeness (QED) is 0.939. The second-order valence-electron chi connectivity index (χ2n) is 3.80. The molecule has 0 aliphatic heterocycles. The molecule has 1 N–H and O–H groups in total. The van der Waals surface area contributed by atoms with E-state index in [1.165, 1.54) is 10.9 Å². The number of nitrogens with zero attached hydrogens (tertiary/aromatic N) is 2. The fourth-order valence-corrected chi connectivity index (χ4v) is 3.29. The zero-order valence-electron chi connectivity index (χ0n) is 9.88. The van der Waals surface area contributed by atoms with E-state index in [0.717, 1.165) is 0 Å². The molecule has 1 aromatic heterocycles. The first-order valence-electron chi connectivity index (χ1n) is 5.18. The third-order valence-corrected chi connectivity index (χ3v) is 4.76. The lowest BCUT2D eigenvalue weighted by Crippen LogP contribution is -2.14. The van der Waals surface area contributed by atoms with Crippen LogP contribution in [0.15, 0.2) is 39.8 Å². The van der Waals surface area contributed by atoms with Gasteiger partial charge in [0.2, 0.25) is 0 Å². The van der Waals surface area contributed by atoms with E-state index in [1.54, 1.807) is 32.2 Å². The van der Waals surface area contributed by atoms with Crippen LogP contribution in [-0.2, 0) is 17.1 Å². The monoisotopic (exact) mass is 329 g/mol. The van der Waals surface area contributed by atoms with Gasteiger partial charge in [-0.05, 0) is 35.0 Å². The van der Waals surface area contributed by atoms with Crippen LogP contribution < -0.4 is 4.72 Å². The number of sulfonamides is 1. The Balaban J connectivity index is 2.40. The number of benzene rings is 1. The minimum Gasteiger partial charge on any atom is -0.278 e. The number of aromatic nitrogens is 2. The van der Waals surface area contributed by atoms with Crippen LogP contribution in [-0.4, -0.2) is 18.2 Å². The van der Waals surface area contributed by atoms with Crippen molar-refractivity contribution >= 4 is 31.6 Å². The van der Waals surface area contributed by atoms with Crippen LogP contribution in [0.2, 0.25) is 0 Å². The summed E-state index contributed by atoms with van der Waals surface area (Å²) >= 11 is 3.30. The topological polar surface area (TPSA) is 64.0 Å². The second kappa shape index (κ2) is 4.74. The SMILES string of the molecule is Cc1c(S(=O)(=O)Nc2ccccc2Br)cnn1C. The number of hydrogen-bond donors (Lipinski definition) is 1. The third kappa shape index (κ3) is 2.41. The Kier molecular flexibility index (Phi) is 3.45. The minimum atomic E-state index is -3.61. The van der Waals surface area contributed by atoms with Gasteiger partial charge >= 0.3 is 0 Å². The van der Waals surface area contributed by atoms with Gasteiger partial charge in [-0.1, -0.05) is 12.1 Å². The van der Waals surface area contributed by atoms with Gasteiger partial charge in [0.05, 0.1) is 17.6 Å². The second-order valence-corrected chi connectivity index (χ2v) is 6.31. The number of nitrogens with one attached hydrogen (secondary N) is 1. The number of para-hydroxylation sites is 1. The fraction of sp³-hybridized carbons (Fsp3) is 0.182. The zero-order valence-corrected chi connectivity index (χ0v) is 12.3. The highest BCUT2D eigenvalue weighted by molar-refractivity contribution is 9.10. The number of hydrogen-bond acceptors (Lipinski definition) is 3. The summed E-state index contributed by atoms with van der Waals surface area (Å²) in [4.78, 5) is 0.181. The summed E-state index contributed by atoms with van der Waals surface area (Å²) in [6.45, 7) is 1.71. The first-order chi connectivity index (χ1) is 8.42. The molecule has 0 radical (unpaired) electrons. The highest BCUT2D eigenvalue weighted by Gasteiger charge is 2.20. The Morgan fingerprint density at radius 3 is 2.56 bits per heavy atom. The van der Waals surface area contributed by atoms with Crippen LogP contribution in [0.5, 0.6) is 0 Å². The van der Waals surface area contributed by atoms with E-state index in [2.05, 4.69) is 25.8 Å². The van der Waals surface area contributed by atoms with E-state index in [-0.39, 0.29) is 4.90 Å². The Labute approximate surface area is 114 Å². The lowest BCUT2D eigenvalue weighted by atomic mass is 10.3. The van der Waals surface area contributed by atoms with E-state index in [0.29, 0.717) is 15.9 Å². The van der Waals surface area contributed by atoms with Crippen LogP contribution in [0.4, 0.5) is 5.69 Å². The molecule has 0 atom stereocenters. The predicted molar refractivity (Wildman–Crippen MR) is 72.9 cm³/mol. The number of anilines is 1. The maximum Gasteiger partial charge on any atom is 0.265 e. The van der Waals surface area contributed by atoms with Gasteiger partial charge in [0.1, 0.15) is 4.90 Å². The van der Waals surface area contributed by atoms with Crippen molar-refractivity contribution in [3.8, 4) is 0 Å². The molecule has 0 aliphatic carbocycles. The van der Waals surface area contributed by atoms with Crippen molar-refractivity contribution < 1.29 is 8.42 Å². The molecule has 96 valence electrons. The summed E-state index contributed by atoms with van der Waals surface area (Å²) in [5.74, 6) is 0. The fourth-order valence-electron chi connectivity index (χ4n) is 1.49. The maximum atomic E-state index is 12.2. The summed E-state index contributed by atoms with van der Waals surface area (Å²) in [6, 6.07) is 7.04. The van der Waals surface area contributed by atoms with Crippen LogP contribution >= 0.6 is 15.9 Å². The molecule has 18 heavy (non-hydrogen) atoms. The van der Waals surface area contributed by atoms with Crippen molar-refractivity contribution in [2.24, 2.45) is 7.05 Å². The molecule has 0 bridgehead atoms. The molecule has 5 nitrogen and oxygen atoms in total. The van der Waals surface area contributed by atoms with Crippen molar-refractivity contribution in [3.05, 3.63) is 40.6 Å².